The van der Waals surface area contributed by atoms with E-state index in [0.29, 0.717) is 12.1 Å². The first-order valence-corrected chi connectivity index (χ1v) is 5.73. The zero-order chi connectivity index (χ0) is 13.0. The van der Waals surface area contributed by atoms with Gasteiger partial charge in [0.15, 0.2) is 0 Å². The molecule has 0 bridgehead atoms. The Morgan fingerprint density at radius 1 is 1.65 bits per heavy atom. The number of carbonyl (C=O) groups is 1. The molecule has 0 spiro atoms. The second-order valence-electron chi connectivity index (χ2n) is 4.16. The van der Waals surface area contributed by atoms with Crippen LogP contribution in [-0.2, 0) is 0 Å². The number of carbonyl (C=O) groups excluding carboxylic acids is 1. The lowest BCUT2D eigenvalue weighted by molar-refractivity contribution is 0.0783. The van der Waals surface area contributed by atoms with Crippen molar-refractivity contribution in [3.05, 3.63) is 17.5 Å². The normalized spacial score (nSPS) is 10.4. The Morgan fingerprint density at radius 3 is 2.71 bits per heavy atom. The van der Waals surface area contributed by atoms with E-state index >= 15 is 0 Å². The van der Waals surface area contributed by atoms with Gasteiger partial charge in [0.05, 0.1) is 17.8 Å². The Kier molecular flexibility index (Phi) is 4.27. The molecule has 1 rings (SSSR count). The van der Waals surface area contributed by atoms with Crippen LogP contribution in [0.2, 0.25) is 0 Å². The largest absolute Gasteiger partial charge is 0.325 e. The highest BCUT2D eigenvalue weighted by atomic mass is 16.2. The van der Waals surface area contributed by atoms with Gasteiger partial charge in [0.2, 0.25) is 0 Å². The van der Waals surface area contributed by atoms with Gasteiger partial charge in [-0.3, -0.25) is 9.48 Å². The van der Waals surface area contributed by atoms with Crippen molar-refractivity contribution in [2.24, 2.45) is 0 Å². The Bertz CT molecular complexity index is 442. The second-order valence-corrected chi connectivity index (χ2v) is 4.16. The summed E-state index contributed by atoms with van der Waals surface area (Å²) in [4.78, 5) is 13.7. The molecule has 0 aliphatic heterocycles. The van der Waals surface area contributed by atoms with Crippen LogP contribution in [0.3, 0.4) is 0 Å². The SMILES string of the molecule is CCN(CC#N)C(=O)c1cnn(C(C)C)c1C. The van der Waals surface area contributed by atoms with Crippen molar-refractivity contribution in [3.8, 4) is 6.07 Å². The highest BCUT2D eigenvalue weighted by Crippen LogP contribution is 2.14. The van der Waals surface area contributed by atoms with Crippen molar-refractivity contribution >= 4 is 5.91 Å². The third-order valence-corrected chi connectivity index (χ3v) is 2.69. The van der Waals surface area contributed by atoms with Crippen molar-refractivity contribution in [3.63, 3.8) is 0 Å². The van der Waals surface area contributed by atoms with E-state index in [2.05, 4.69) is 5.10 Å². The van der Waals surface area contributed by atoms with Gasteiger partial charge in [0.25, 0.3) is 5.91 Å². The monoisotopic (exact) mass is 234 g/mol. The van der Waals surface area contributed by atoms with Gasteiger partial charge in [-0.2, -0.15) is 10.4 Å². The quantitative estimate of drug-likeness (QED) is 0.746. The van der Waals surface area contributed by atoms with Gasteiger partial charge in [0, 0.05) is 18.3 Å². The van der Waals surface area contributed by atoms with Crippen LogP contribution in [0, 0.1) is 18.3 Å². The number of hydrogen-bond donors (Lipinski definition) is 0. The Hall–Kier alpha value is -1.83. The summed E-state index contributed by atoms with van der Waals surface area (Å²) in [6.07, 6.45) is 1.58. The summed E-state index contributed by atoms with van der Waals surface area (Å²) >= 11 is 0. The van der Waals surface area contributed by atoms with Crippen LogP contribution in [0.15, 0.2) is 6.20 Å². The molecule has 1 aromatic rings. The molecule has 5 heteroatoms. The number of nitriles is 1. The highest BCUT2D eigenvalue weighted by molar-refractivity contribution is 5.95. The van der Waals surface area contributed by atoms with Gasteiger partial charge in [-0.1, -0.05) is 0 Å². The maximum Gasteiger partial charge on any atom is 0.258 e. The van der Waals surface area contributed by atoms with Crippen LogP contribution < -0.4 is 0 Å². The Labute approximate surface area is 102 Å². The molecule has 0 aliphatic rings. The highest BCUT2D eigenvalue weighted by Gasteiger charge is 2.19. The summed E-state index contributed by atoms with van der Waals surface area (Å²) in [5.74, 6) is -0.126. The number of hydrogen-bond acceptors (Lipinski definition) is 3. The summed E-state index contributed by atoms with van der Waals surface area (Å²) in [6, 6.07) is 2.22. The first-order valence-electron chi connectivity index (χ1n) is 5.73. The predicted octanol–water partition coefficient (Wildman–Crippen LogP) is 1.76. The van der Waals surface area contributed by atoms with E-state index in [1.807, 2.05) is 38.4 Å². The van der Waals surface area contributed by atoms with Crippen LogP contribution in [0.4, 0.5) is 0 Å². The zero-order valence-corrected chi connectivity index (χ0v) is 10.8. The van der Waals surface area contributed by atoms with Gasteiger partial charge < -0.3 is 4.90 Å². The molecule has 1 heterocycles. The number of rotatable bonds is 4. The van der Waals surface area contributed by atoms with E-state index in [1.54, 1.807) is 6.20 Å². The second kappa shape index (κ2) is 5.48. The fourth-order valence-corrected chi connectivity index (χ4v) is 1.74. The third-order valence-electron chi connectivity index (χ3n) is 2.69. The summed E-state index contributed by atoms with van der Waals surface area (Å²) < 4.78 is 1.81. The van der Waals surface area contributed by atoms with Crippen LogP contribution in [-0.4, -0.2) is 33.7 Å². The van der Waals surface area contributed by atoms with E-state index in [9.17, 15) is 4.79 Å². The van der Waals surface area contributed by atoms with E-state index in [-0.39, 0.29) is 18.5 Å². The van der Waals surface area contributed by atoms with Crippen molar-refractivity contribution < 1.29 is 4.79 Å². The van der Waals surface area contributed by atoms with Crippen molar-refractivity contribution in [2.75, 3.05) is 13.1 Å². The summed E-state index contributed by atoms with van der Waals surface area (Å²) in [6.45, 7) is 8.40. The minimum atomic E-state index is -0.126. The molecule has 0 aromatic carbocycles. The lowest BCUT2D eigenvalue weighted by Crippen LogP contribution is -2.31. The van der Waals surface area contributed by atoms with Gasteiger partial charge in [-0.05, 0) is 27.7 Å². The van der Waals surface area contributed by atoms with Crippen LogP contribution in [0.5, 0.6) is 0 Å². The molecule has 17 heavy (non-hydrogen) atoms. The molecule has 0 saturated heterocycles. The van der Waals surface area contributed by atoms with Crippen molar-refractivity contribution in [1.29, 1.82) is 5.26 Å². The maximum atomic E-state index is 12.1. The molecule has 1 aromatic heterocycles. The summed E-state index contributed by atoms with van der Waals surface area (Å²) in [5.41, 5.74) is 1.43. The molecule has 0 N–H and O–H groups in total. The average Bonchev–Trinajstić information content (AvgIpc) is 2.67. The first-order chi connectivity index (χ1) is 8.02. The van der Waals surface area contributed by atoms with Gasteiger partial charge in [-0.15, -0.1) is 0 Å². The summed E-state index contributed by atoms with van der Waals surface area (Å²) in [5, 5.41) is 12.9. The van der Waals surface area contributed by atoms with Crippen molar-refractivity contribution in [1.82, 2.24) is 14.7 Å². The van der Waals surface area contributed by atoms with E-state index in [1.165, 1.54) is 4.90 Å². The fraction of sp³-hybridized carbons (Fsp3) is 0.583. The Morgan fingerprint density at radius 2 is 2.29 bits per heavy atom. The van der Waals surface area contributed by atoms with E-state index in [4.69, 9.17) is 5.26 Å². The predicted molar refractivity (Wildman–Crippen MR) is 64.5 cm³/mol. The number of amides is 1. The van der Waals surface area contributed by atoms with E-state index < -0.39 is 0 Å². The molecule has 0 fully saturated rings. The van der Waals surface area contributed by atoms with Crippen LogP contribution in [0.1, 0.15) is 42.9 Å². The lowest BCUT2D eigenvalue weighted by atomic mass is 10.2. The molecule has 0 aliphatic carbocycles. The minimum Gasteiger partial charge on any atom is -0.325 e. The minimum absolute atomic E-state index is 0.113. The number of aromatic nitrogens is 2. The average molecular weight is 234 g/mol. The standard InChI is InChI=1S/C12H18N4O/c1-5-15(7-6-13)12(17)11-8-14-16(9(2)3)10(11)4/h8-9H,5,7H2,1-4H3. The molecule has 0 saturated carbocycles. The topological polar surface area (TPSA) is 61.9 Å². The zero-order valence-electron chi connectivity index (χ0n) is 10.8. The molecule has 0 unspecified atom stereocenters. The third kappa shape index (κ3) is 2.64. The molecule has 5 nitrogen and oxygen atoms in total. The molecular formula is C12H18N4O. The van der Waals surface area contributed by atoms with Crippen LogP contribution >= 0.6 is 0 Å². The van der Waals surface area contributed by atoms with Crippen LogP contribution in [0.25, 0.3) is 0 Å². The fourth-order valence-electron chi connectivity index (χ4n) is 1.74. The van der Waals surface area contributed by atoms with Gasteiger partial charge >= 0.3 is 0 Å². The summed E-state index contributed by atoms with van der Waals surface area (Å²) in [7, 11) is 0. The van der Waals surface area contributed by atoms with E-state index in [0.717, 1.165) is 5.69 Å². The maximum absolute atomic E-state index is 12.1. The molecular weight excluding hydrogens is 216 g/mol. The number of nitrogens with zero attached hydrogens (tertiary/aromatic N) is 4. The van der Waals surface area contributed by atoms with Gasteiger partial charge in [0.1, 0.15) is 6.54 Å². The van der Waals surface area contributed by atoms with Crippen molar-refractivity contribution in [2.45, 2.75) is 33.7 Å². The molecule has 92 valence electrons. The Balaban J connectivity index is 3.01. The first kappa shape index (κ1) is 13.2. The molecule has 0 radical (unpaired) electrons. The lowest BCUT2D eigenvalue weighted by Gasteiger charge is -2.17. The molecule has 1 amide bonds. The van der Waals surface area contributed by atoms with Gasteiger partial charge in [-0.25, -0.2) is 0 Å². The smallest absolute Gasteiger partial charge is 0.258 e. The molecule has 0 atom stereocenters.